The zero-order chi connectivity index (χ0) is 8.72. The molecule has 0 radical (unpaired) electrons. The molecule has 0 aromatic carbocycles. The summed E-state index contributed by atoms with van der Waals surface area (Å²) in [7, 11) is 0. The fourth-order valence-corrected chi connectivity index (χ4v) is 2.57. The van der Waals surface area contributed by atoms with Crippen molar-refractivity contribution in [2.24, 2.45) is 0 Å². The molecule has 0 unspecified atom stereocenters. The first kappa shape index (κ1) is 8.13. The second kappa shape index (κ2) is 2.78. The Labute approximate surface area is 80.7 Å². The van der Waals surface area contributed by atoms with Crippen LogP contribution in [0.15, 0.2) is 6.20 Å². The molecule has 2 heterocycles. The summed E-state index contributed by atoms with van der Waals surface area (Å²) >= 11 is 6.00. The van der Waals surface area contributed by atoms with Gasteiger partial charge < -0.3 is 0 Å². The van der Waals surface area contributed by atoms with E-state index in [0.29, 0.717) is 0 Å². The molecular weight excluding hydrogens is 188 g/mol. The number of fused-ring (bicyclic) bond motifs is 1. The molecule has 64 valence electrons. The third-order valence-electron chi connectivity index (χ3n) is 1.89. The maximum absolute atomic E-state index is 4.44. The van der Waals surface area contributed by atoms with Gasteiger partial charge in [0.1, 0.15) is 0 Å². The Morgan fingerprint density at radius 3 is 3.00 bits per heavy atom. The number of thiol groups is 1. The van der Waals surface area contributed by atoms with E-state index in [2.05, 4.69) is 35.1 Å². The molecule has 2 aromatic heterocycles. The Bertz CT molecular complexity index is 414. The largest absolute Gasteiger partial charge is 0.293 e. The van der Waals surface area contributed by atoms with Gasteiger partial charge in [-0.05, 0) is 13.8 Å². The molecule has 0 N–H and O–H groups in total. The van der Waals surface area contributed by atoms with Gasteiger partial charge in [-0.3, -0.25) is 4.40 Å². The monoisotopic (exact) mass is 198 g/mol. The number of nitrogens with zero attached hydrogens (tertiary/aromatic N) is 2. The van der Waals surface area contributed by atoms with E-state index in [1.54, 1.807) is 11.3 Å². The minimum atomic E-state index is 0.753. The number of rotatable bonds is 1. The summed E-state index contributed by atoms with van der Waals surface area (Å²) in [4.78, 5) is 6.81. The molecule has 0 saturated carbocycles. The fourth-order valence-electron chi connectivity index (χ4n) is 1.30. The van der Waals surface area contributed by atoms with Gasteiger partial charge in [0, 0.05) is 16.8 Å². The summed E-state index contributed by atoms with van der Waals surface area (Å²) in [6, 6.07) is 0. The van der Waals surface area contributed by atoms with E-state index in [1.807, 2.05) is 6.92 Å². The lowest BCUT2D eigenvalue weighted by Gasteiger charge is -1.92. The predicted octanol–water partition coefficient (Wildman–Crippen LogP) is 2.44. The van der Waals surface area contributed by atoms with Crippen molar-refractivity contribution < 1.29 is 0 Å². The van der Waals surface area contributed by atoms with Gasteiger partial charge in [0.05, 0.1) is 11.4 Å². The van der Waals surface area contributed by atoms with Crippen molar-refractivity contribution in [2.75, 3.05) is 0 Å². The first-order chi connectivity index (χ1) is 5.72. The van der Waals surface area contributed by atoms with Gasteiger partial charge in [-0.25, -0.2) is 4.98 Å². The highest BCUT2D eigenvalue weighted by atomic mass is 32.1. The molecule has 4 heteroatoms. The molecule has 2 nitrogen and oxygen atoms in total. The van der Waals surface area contributed by atoms with E-state index in [-0.39, 0.29) is 0 Å². The van der Waals surface area contributed by atoms with Crippen LogP contribution < -0.4 is 0 Å². The number of imidazole rings is 1. The molecular formula is C8H10N2S2. The molecule has 2 rings (SSSR count). The summed E-state index contributed by atoms with van der Waals surface area (Å²) in [5.74, 6) is 0.753. The lowest BCUT2D eigenvalue weighted by Crippen LogP contribution is -1.87. The van der Waals surface area contributed by atoms with Crippen LogP contribution in [0, 0.1) is 13.8 Å². The molecule has 0 fully saturated rings. The van der Waals surface area contributed by atoms with Gasteiger partial charge in [-0.2, -0.15) is 12.6 Å². The average Bonchev–Trinajstić information content (AvgIpc) is 2.43. The highest BCUT2D eigenvalue weighted by Crippen LogP contribution is 2.21. The number of aryl methyl sites for hydroxylation is 2. The smallest absolute Gasteiger partial charge is 0.194 e. The van der Waals surface area contributed by atoms with E-state index in [9.17, 15) is 0 Å². The second-order valence-electron chi connectivity index (χ2n) is 2.80. The highest BCUT2D eigenvalue weighted by molar-refractivity contribution is 7.79. The quantitative estimate of drug-likeness (QED) is 0.697. The van der Waals surface area contributed by atoms with Crippen molar-refractivity contribution in [3.63, 3.8) is 0 Å². The van der Waals surface area contributed by atoms with Crippen molar-refractivity contribution in [1.29, 1.82) is 0 Å². The normalized spacial score (nSPS) is 11.2. The zero-order valence-corrected chi connectivity index (χ0v) is 8.75. The van der Waals surface area contributed by atoms with Crippen molar-refractivity contribution in [3.8, 4) is 0 Å². The number of hydrogen-bond donors (Lipinski definition) is 1. The van der Waals surface area contributed by atoms with Crippen LogP contribution in [-0.2, 0) is 5.75 Å². The van der Waals surface area contributed by atoms with Crippen LogP contribution >= 0.6 is 24.0 Å². The molecule has 0 saturated heterocycles. The number of hydrogen-bond acceptors (Lipinski definition) is 3. The van der Waals surface area contributed by atoms with Crippen molar-refractivity contribution in [1.82, 2.24) is 9.38 Å². The van der Waals surface area contributed by atoms with Gasteiger partial charge in [0.25, 0.3) is 0 Å². The SMILES string of the molecule is Cc1cn2c(CS)c(C)nc2s1. The Balaban J connectivity index is 2.78. The Morgan fingerprint density at radius 1 is 1.58 bits per heavy atom. The van der Waals surface area contributed by atoms with E-state index in [4.69, 9.17) is 0 Å². The van der Waals surface area contributed by atoms with Crippen LogP contribution in [0.4, 0.5) is 0 Å². The lowest BCUT2D eigenvalue weighted by atomic mass is 10.4. The van der Waals surface area contributed by atoms with Crippen molar-refractivity contribution in [2.45, 2.75) is 19.6 Å². The van der Waals surface area contributed by atoms with E-state index < -0.39 is 0 Å². The maximum atomic E-state index is 4.44. The predicted molar refractivity (Wildman–Crippen MR) is 55.2 cm³/mol. The van der Waals surface area contributed by atoms with Crippen molar-refractivity contribution in [3.05, 3.63) is 22.5 Å². The molecule has 2 aromatic rings. The third-order valence-corrected chi connectivity index (χ3v) is 3.09. The van der Waals surface area contributed by atoms with Gasteiger partial charge in [-0.1, -0.05) is 0 Å². The van der Waals surface area contributed by atoms with Crippen LogP contribution in [-0.4, -0.2) is 9.38 Å². The van der Waals surface area contributed by atoms with Crippen LogP contribution in [0.5, 0.6) is 0 Å². The molecule has 0 aliphatic heterocycles. The maximum Gasteiger partial charge on any atom is 0.194 e. The first-order valence-corrected chi connectivity index (χ1v) is 5.22. The average molecular weight is 198 g/mol. The van der Waals surface area contributed by atoms with Gasteiger partial charge >= 0.3 is 0 Å². The van der Waals surface area contributed by atoms with Gasteiger partial charge in [0.15, 0.2) is 4.96 Å². The van der Waals surface area contributed by atoms with Gasteiger partial charge in [0.2, 0.25) is 0 Å². The van der Waals surface area contributed by atoms with Crippen molar-refractivity contribution >= 4 is 28.9 Å². The molecule has 0 atom stereocenters. The minimum absolute atomic E-state index is 0.753. The molecule has 0 aliphatic carbocycles. The zero-order valence-electron chi connectivity index (χ0n) is 7.03. The van der Waals surface area contributed by atoms with Gasteiger partial charge in [-0.15, -0.1) is 11.3 Å². The standard InChI is InChI=1S/C8H10N2S2/c1-5-3-10-7(4-11)6(2)9-8(10)12-5/h3,11H,4H2,1-2H3. The first-order valence-electron chi connectivity index (χ1n) is 3.77. The Hall–Kier alpha value is -0.480. The summed E-state index contributed by atoms with van der Waals surface area (Å²) in [5.41, 5.74) is 2.30. The summed E-state index contributed by atoms with van der Waals surface area (Å²) in [6.07, 6.45) is 2.12. The molecule has 0 bridgehead atoms. The Kier molecular flexibility index (Phi) is 1.88. The van der Waals surface area contributed by atoms with Crippen LogP contribution in [0.3, 0.4) is 0 Å². The summed E-state index contributed by atoms with van der Waals surface area (Å²) in [6.45, 7) is 4.12. The van der Waals surface area contributed by atoms with Crippen LogP contribution in [0.1, 0.15) is 16.3 Å². The number of aromatic nitrogens is 2. The van der Waals surface area contributed by atoms with Crippen LogP contribution in [0.25, 0.3) is 4.96 Å². The molecule has 0 aliphatic rings. The third kappa shape index (κ3) is 1.06. The summed E-state index contributed by atoms with van der Waals surface area (Å²) < 4.78 is 2.13. The molecule has 0 spiro atoms. The van der Waals surface area contributed by atoms with E-state index in [0.717, 1.165) is 16.4 Å². The topological polar surface area (TPSA) is 17.3 Å². The Morgan fingerprint density at radius 2 is 2.33 bits per heavy atom. The highest BCUT2D eigenvalue weighted by Gasteiger charge is 2.08. The number of thiazole rings is 1. The van der Waals surface area contributed by atoms with E-state index >= 15 is 0 Å². The lowest BCUT2D eigenvalue weighted by molar-refractivity contribution is 1.09. The molecule has 0 amide bonds. The fraction of sp³-hybridized carbons (Fsp3) is 0.375. The van der Waals surface area contributed by atoms with E-state index in [1.165, 1.54) is 10.6 Å². The minimum Gasteiger partial charge on any atom is -0.293 e. The second-order valence-corrected chi connectivity index (χ2v) is 4.33. The van der Waals surface area contributed by atoms with Crippen LogP contribution in [0.2, 0.25) is 0 Å². The summed E-state index contributed by atoms with van der Waals surface area (Å²) in [5, 5.41) is 0. The molecule has 12 heavy (non-hydrogen) atoms.